The molecule has 0 unspecified atom stereocenters. The Kier molecular flexibility index (Phi) is 5.64. The van der Waals surface area contributed by atoms with E-state index in [-0.39, 0.29) is 0 Å². The van der Waals surface area contributed by atoms with Crippen LogP contribution in [0.1, 0.15) is 49.9 Å². The van der Waals surface area contributed by atoms with Crippen molar-refractivity contribution in [2.75, 3.05) is 13.7 Å². The first-order valence-electron chi connectivity index (χ1n) is 7.50. The fourth-order valence-electron chi connectivity index (χ4n) is 2.94. The van der Waals surface area contributed by atoms with Crippen LogP contribution >= 0.6 is 0 Å². The van der Waals surface area contributed by atoms with Gasteiger partial charge in [-0.3, -0.25) is 4.98 Å². The van der Waals surface area contributed by atoms with Crippen LogP contribution in [0, 0.1) is 12.8 Å². The average Bonchev–Trinajstić information content (AvgIpc) is 2.91. The van der Waals surface area contributed by atoms with Gasteiger partial charge in [0.25, 0.3) is 0 Å². The van der Waals surface area contributed by atoms with Crippen LogP contribution in [0.15, 0.2) is 12.1 Å². The molecule has 1 aromatic heterocycles. The Morgan fingerprint density at radius 2 is 2.11 bits per heavy atom. The molecule has 1 aliphatic rings. The molecule has 1 fully saturated rings. The summed E-state index contributed by atoms with van der Waals surface area (Å²) in [4.78, 5) is 4.51. The van der Waals surface area contributed by atoms with Gasteiger partial charge in [-0.25, -0.2) is 0 Å². The van der Waals surface area contributed by atoms with Gasteiger partial charge in [-0.2, -0.15) is 0 Å². The van der Waals surface area contributed by atoms with Gasteiger partial charge in [-0.1, -0.05) is 25.7 Å². The van der Waals surface area contributed by atoms with Crippen LogP contribution in [-0.4, -0.2) is 18.6 Å². The topological polar surface area (TPSA) is 34.1 Å². The highest BCUT2D eigenvalue weighted by atomic mass is 16.5. The molecule has 3 heteroatoms. The number of hydrogen-bond acceptors (Lipinski definition) is 3. The van der Waals surface area contributed by atoms with E-state index >= 15 is 0 Å². The van der Waals surface area contributed by atoms with E-state index in [9.17, 15) is 0 Å². The largest absolute Gasteiger partial charge is 0.497 e. The zero-order chi connectivity index (χ0) is 13.5. The highest BCUT2D eigenvalue weighted by Gasteiger charge is 2.13. The molecule has 0 bridgehead atoms. The third-order valence-electron chi connectivity index (χ3n) is 3.96. The Hall–Kier alpha value is -1.09. The lowest BCUT2D eigenvalue weighted by Gasteiger charge is -2.10. The molecule has 2 rings (SSSR count). The highest BCUT2D eigenvalue weighted by Crippen LogP contribution is 2.28. The van der Waals surface area contributed by atoms with Crippen LogP contribution in [0.5, 0.6) is 5.75 Å². The standard InChI is InChI=1S/C16H26N2O/c1-13-10-16(19-2)11-15(18-13)12-17-9-5-8-14-6-3-4-7-14/h10-11,14,17H,3-9,12H2,1-2H3. The van der Waals surface area contributed by atoms with E-state index in [1.165, 1.54) is 38.5 Å². The fourth-order valence-corrected chi connectivity index (χ4v) is 2.94. The van der Waals surface area contributed by atoms with Crippen LogP contribution in [0.25, 0.3) is 0 Å². The van der Waals surface area contributed by atoms with Gasteiger partial charge < -0.3 is 10.1 Å². The number of methoxy groups -OCH3 is 1. The van der Waals surface area contributed by atoms with Gasteiger partial charge in [0, 0.05) is 24.4 Å². The van der Waals surface area contributed by atoms with Crippen molar-refractivity contribution < 1.29 is 4.74 Å². The monoisotopic (exact) mass is 262 g/mol. The van der Waals surface area contributed by atoms with E-state index < -0.39 is 0 Å². The van der Waals surface area contributed by atoms with Crippen molar-refractivity contribution >= 4 is 0 Å². The molecule has 1 heterocycles. The Morgan fingerprint density at radius 1 is 1.32 bits per heavy atom. The normalized spacial score (nSPS) is 15.9. The summed E-state index contributed by atoms with van der Waals surface area (Å²) in [6, 6.07) is 3.97. The molecule has 1 aliphatic carbocycles. The molecule has 0 aromatic carbocycles. The molecule has 0 saturated heterocycles. The Morgan fingerprint density at radius 3 is 2.84 bits per heavy atom. The molecule has 1 aromatic rings. The maximum Gasteiger partial charge on any atom is 0.122 e. The van der Waals surface area contributed by atoms with Crippen molar-refractivity contribution in [1.29, 1.82) is 0 Å². The average molecular weight is 262 g/mol. The van der Waals surface area contributed by atoms with Crippen LogP contribution < -0.4 is 10.1 Å². The molecule has 1 N–H and O–H groups in total. The van der Waals surface area contributed by atoms with Crippen molar-refractivity contribution in [2.45, 2.75) is 52.0 Å². The van der Waals surface area contributed by atoms with E-state index in [0.717, 1.165) is 36.1 Å². The van der Waals surface area contributed by atoms with Crippen LogP contribution in [0.2, 0.25) is 0 Å². The summed E-state index contributed by atoms with van der Waals surface area (Å²) in [6.07, 6.45) is 8.48. The lowest BCUT2D eigenvalue weighted by molar-refractivity contribution is 0.412. The predicted molar refractivity (Wildman–Crippen MR) is 78.4 cm³/mol. The van der Waals surface area contributed by atoms with Gasteiger partial charge in [-0.15, -0.1) is 0 Å². The number of aromatic nitrogens is 1. The van der Waals surface area contributed by atoms with Gasteiger partial charge in [-0.05, 0) is 32.2 Å². The minimum atomic E-state index is 0.836. The number of ether oxygens (including phenoxy) is 1. The smallest absolute Gasteiger partial charge is 0.122 e. The summed E-state index contributed by atoms with van der Waals surface area (Å²) >= 11 is 0. The number of rotatable bonds is 7. The summed E-state index contributed by atoms with van der Waals surface area (Å²) in [5.74, 6) is 1.90. The predicted octanol–water partition coefficient (Wildman–Crippen LogP) is 3.46. The second-order valence-electron chi connectivity index (χ2n) is 5.61. The number of aryl methyl sites for hydroxylation is 1. The maximum absolute atomic E-state index is 5.26. The Balaban J connectivity index is 1.66. The first-order chi connectivity index (χ1) is 9.28. The molecule has 0 amide bonds. The summed E-state index contributed by atoms with van der Waals surface area (Å²) in [5, 5.41) is 3.49. The lowest BCUT2D eigenvalue weighted by Crippen LogP contribution is -2.16. The van der Waals surface area contributed by atoms with Gasteiger partial charge in [0.2, 0.25) is 0 Å². The molecule has 0 radical (unpaired) electrons. The number of pyridine rings is 1. The summed E-state index contributed by atoms with van der Waals surface area (Å²) in [5.41, 5.74) is 2.08. The summed E-state index contributed by atoms with van der Waals surface area (Å²) in [6.45, 7) is 3.93. The first kappa shape index (κ1) is 14.3. The Bertz CT molecular complexity index is 386. The van der Waals surface area contributed by atoms with Crippen molar-refractivity contribution in [3.05, 3.63) is 23.5 Å². The Labute approximate surface area is 116 Å². The number of hydrogen-bond donors (Lipinski definition) is 1. The zero-order valence-corrected chi connectivity index (χ0v) is 12.2. The minimum absolute atomic E-state index is 0.836. The van der Waals surface area contributed by atoms with Gasteiger partial charge in [0.05, 0.1) is 12.8 Å². The molecule has 0 spiro atoms. The van der Waals surface area contributed by atoms with Gasteiger partial charge >= 0.3 is 0 Å². The summed E-state index contributed by atoms with van der Waals surface area (Å²) < 4.78 is 5.26. The molecule has 1 saturated carbocycles. The van der Waals surface area contributed by atoms with E-state index in [1.54, 1.807) is 7.11 Å². The van der Waals surface area contributed by atoms with E-state index in [1.807, 2.05) is 19.1 Å². The molecular weight excluding hydrogens is 236 g/mol. The number of nitrogens with zero attached hydrogens (tertiary/aromatic N) is 1. The maximum atomic E-state index is 5.26. The molecule has 0 aliphatic heterocycles. The molecule has 106 valence electrons. The molecule has 0 atom stereocenters. The SMILES string of the molecule is COc1cc(C)nc(CNCCCC2CCCC2)c1. The lowest BCUT2D eigenvalue weighted by atomic mass is 10.0. The highest BCUT2D eigenvalue weighted by molar-refractivity contribution is 5.26. The van der Waals surface area contributed by atoms with E-state index in [0.29, 0.717) is 0 Å². The van der Waals surface area contributed by atoms with Gasteiger partial charge in [0.1, 0.15) is 5.75 Å². The van der Waals surface area contributed by atoms with Crippen LogP contribution in [0.3, 0.4) is 0 Å². The third kappa shape index (κ3) is 4.83. The molecule has 19 heavy (non-hydrogen) atoms. The second kappa shape index (κ2) is 7.49. The van der Waals surface area contributed by atoms with Crippen molar-refractivity contribution in [1.82, 2.24) is 10.3 Å². The van der Waals surface area contributed by atoms with Crippen molar-refractivity contribution in [2.24, 2.45) is 5.92 Å². The zero-order valence-electron chi connectivity index (χ0n) is 12.2. The van der Waals surface area contributed by atoms with Crippen LogP contribution in [-0.2, 0) is 6.54 Å². The summed E-state index contributed by atoms with van der Waals surface area (Å²) in [7, 11) is 1.70. The van der Waals surface area contributed by atoms with Crippen molar-refractivity contribution in [3.8, 4) is 5.75 Å². The number of nitrogens with one attached hydrogen (secondary N) is 1. The van der Waals surface area contributed by atoms with Crippen LogP contribution in [0.4, 0.5) is 0 Å². The molecular formula is C16H26N2O. The second-order valence-corrected chi connectivity index (χ2v) is 5.61. The fraction of sp³-hybridized carbons (Fsp3) is 0.688. The third-order valence-corrected chi connectivity index (χ3v) is 3.96. The molecule has 3 nitrogen and oxygen atoms in total. The minimum Gasteiger partial charge on any atom is -0.497 e. The van der Waals surface area contributed by atoms with E-state index in [2.05, 4.69) is 10.3 Å². The van der Waals surface area contributed by atoms with E-state index in [4.69, 9.17) is 4.74 Å². The van der Waals surface area contributed by atoms with Gasteiger partial charge in [0.15, 0.2) is 0 Å². The quantitative estimate of drug-likeness (QED) is 0.764. The first-order valence-corrected chi connectivity index (χ1v) is 7.50. The van der Waals surface area contributed by atoms with Crippen molar-refractivity contribution in [3.63, 3.8) is 0 Å².